The van der Waals surface area contributed by atoms with Crippen molar-refractivity contribution in [3.63, 3.8) is 0 Å². The molecule has 166 valence electrons. The van der Waals surface area contributed by atoms with E-state index in [0.29, 0.717) is 43.9 Å². The smallest absolute Gasteiger partial charge is 0.235 e. The van der Waals surface area contributed by atoms with Gasteiger partial charge in [-0.15, -0.1) is 0 Å². The van der Waals surface area contributed by atoms with Gasteiger partial charge in [-0.3, -0.25) is 4.79 Å². The van der Waals surface area contributed by atoms with Crippen LogP contribution >= 0.6 is 0 Å². The minimum atomic E-state index is -0.951. The van der Waals surface area contributed by atoms with Crippen molar-refractivity contribution in [2.24, 2.45) is 0 Å². The Hall–Kier alpha value is -3.18. The van der Waals surface area contributed by atoms with Crippen LogP contribution in [0, 0.1) is 19.7 Å². The quantitative estimate of drug-likeness (QED) is 0.542. The summed E-state index contributed by atoms with van der Waals surface area (Å²) in [7, 11) is 0. The second-order valence-corrected chi connectivity index (χ2v) is 8.34. The Morgan fingerprint density at radius 2 is 1.62 bits per heavy atom. The first-order valence-corrected chi connectivity index (χ1v) is 10.9. The summed E-state index contributed by atoms with van der Waals surface area (Å²) in [6.07, 6.45) is 0.881. The van der Waals surface area contributed by atoms with E-state index in [1.54, 1.807) is 18.2 Å². The fourth-order valence-electron chi connectivity index (χ4n) is 4.42. The first-order valence-electron chi connectivity index (χ1n) is 10.9. The number of carbonyl (C=O) groups excluding carboxylic acids is 1. The molecule has 1 aliphatic rings. The lowest BCUT2D eigenvalue weighted by molar-refractivity contribution is -0.125. The number of nitrogens with one attached hydrogen (secondary N) is 1. The molecule has 0 spiro atoms. The van der Waals surface area contributed by atoms with Crippen molar-refractivity contribution in [1.82, 2.24) is 0 Å². The van der Waals surface area contributed by atoms with Crippen molar-refractivity contribution in [1.29, 1.82) is 0 Å². The van der Waals surface area contributed by atoms with Crippen LogP contribution < -0.4 is 10.1 Å². The lowest BCUT2D eigenvalue weighted by atomic mass is 9.73. The average molecular weight is 434 g/mol. The molecule has 0 bridgehead atoms. The minimum absolute atomic E-state index is 0.206. The predicted octanol–water partition coefficient (Wildman–Crippen LogP) is 5.71. The van der Waals surface area contributed by atoms with Gasteiger partial charge in [0.2, 0.25) is 5.91 Å². The third-order valence-corrected chi connectivity index (χ3v) is 6.11. The molecule has 0 atom stereocenters. The van der Waals surface area contributed by atoms with Crippen molar-refractivity contribution < 1.29 is 18.7 Å². The molecule has 1 N–H and O–H groups in total. The van der Waals surface area contributed by atoms with Gasteiger partial charge < -0.3 is 14.8 Å². The van der Waals surface area contributed by atoms with Crippen LogP contribution in [0.3, 0.4) is 0 Å². The van der Waals surface area contributed by atoms with Crippen LogP contribution in [0.25, 0.3) is 0 Å². The van der Waals surface area contributed by atoms with Gasteiger partial charge in [-0.25, -0.2) is 4.39 Å². The molecule has 4 nitrogen and oxygen atoms in total. The summed E-state index contributed by atoms with van der Waals surface area (Å²) < 4.78 is 26.2. The Labute approximate surface area is 188 Å². The molecule has 1 heterocycles. The molecule has 1 saturated heterocycles. The number of hydrogen-bond acceptors (Lipinski definition) is 3. The van der Waals surface area contributed by atoms with Crippen molar-refractivity contribution in [3.8, 4) is 5.75 Å². The lowest BCUT2D eigenvalue weighted by Gasteiger charge is -2.36. The molecule has 0 aromatic heterocycles. The highest BCUT2D eigenvalue weighted by Crippen LogP contribution is 2.38. The van der Waals surface area contributed by atoms with E-state index in [9.17, 15) is 9.18 Å². The number of carbonyl (C=O) groups is 1. The number of rotatable bonds is 6. The highest BCUT2D eigenvalue weighted by molar-refractivity contribution is 5.99. The summed E-state index contributed by atoms with van der Waals surface area (Å²) in [6.45, 7) is 5.25. The fourth-order valence-corrected chi connectivity index (χ4v) is 4.42. The van der Waals surface area contributed by atoms with Crippen molar-refractivity contribution >= 4 is 11.6 Å². The maximum absolute atomic E-state index is 14.7. The Bertz CT molecular complexity index is 1070. The zero-order valence-electron chi connectivity index (χ0n) is 18.5. The van der Waals surface area contributed by atoms with E-state index in [-0.39, 0.29) is 11.7 Å². The van der Waals surface area contributed by atoms with Gasteiger partial charge in [-0.1, -0.05) is 48.5 Å². The van der Waals surface area contributed by atoms with Crippen molar-refractivity contribution in [3.05, 3.63) is 94.8 Å². The van der Waals surface area contributed by atoms with Gasteiger partial charge in [0.15, 0.2) is 0 Å². The van der Waals surface area contributed by atoms with Crippen LogP contribution in [0.5, 0.6) is 5.75 Å². The maximum atomic E-state index is 14.7. The van der Waals surface area contributed by atoms with Crippen LogP contribution in [0.2, 0.25) is 0 Å². The van der Waals surface area contributed by atoms with Crippen LogP contribution in [-0.4, -0.2) is 19.1 Å². The van der Waals surface area contributed by atoms with Crippen molar-refractivity contribution in [2.45, 2.75) is 38.7 Å². The monoisotopic (exact) mass is 433 g/mol. The summed E-state index contributed by atoms with van der Waals surface area (Å²) >= 11 is 0. The first-order chi connectivity index (χ1) is 15.5. The number of anilines is 1. The Morgan fingerprint density at radius 1 is 1.00 bits per heavy atom. The second kappa shape index (κ2) is 9.53. The summed E-state index contributed by atoms with van der Waals surface area (Å²) in [5, 5.41) is 3.04. The second-order valence-electron chi connectivity index (χ2n) is 8.34. The Kier molecular flexibility index (Phi) is 6.56. The van der Waals surface area contributed by atoms with E-state index in [1.807, 2.05) is 56.3 Å². The van der Waals surface area contributed by atoms with E-state index in [1.165, 1.54) is 6.07 Å². The number of aryl methyl sites for hydroxylation is 2. The van der Waals surface area contributed by atoms with Gasteiger partial charge in [0.1, 0.15) is 18.2 Å². The zero-order chi connectivity index (χ0) is 22.6. The third-order valence-electron chi connectivity index (χ3n) is 6.11. The van der Waals surface area contributed by atoms with E-state index < -0.39 is 5.41 Å². The van der Waals surface area contributed by atoms with E-state index in [2.05, 4.69) is 5.32 Å². The summed E-state index contributed by atoms with van der Waals surface area (Å²) in [6, 6.07) is 20.3. The molecule has 0 unspecified atom stereocenters. The van der Waals surface area contributed by atoms with Crippen LogP contribution in [0.15, 0.2) is 66.7 Å². The molecule has 1 amide bonds. The van der Waals surface area contributed by atoms with Gasteiger partial charge in [0.25, 0.3) is 0 Å². The zero-order valence-corrected chi connectivity index (χ0v) is 18.5. The molecular formula is C27H28FNO3. The number of amides is 1. The summed E-state index contributed by atoms with van der Waals surface area (Å²) in [5.74, 6) is 0.242. The predicted molar refractivity (Wildman–Crippen MR) is 123 cm³/mol. The number of ether oxygens (including phenoxy) is 2. The van der Waals surface area contributed by atoms with Gasteiger partial charge in [0.05, 0.1) is 5.41 Å². The van der Waals surface area contributed by atoms with Gasteiger partial charge in [0, 0.05) is 24.5 Å². The highest BCUT2D eigenvalue weighted by atomic mass is 19.1. The fraction of sp³-hybridized carbons (Fsp3) is 0.296. The lowest BCUT2D eigenvalue weighted by Crippen LogP contribution is -2.45. The molecule has 4 rings (SSSR count). The molecule has 32 heavy (non-hydrogen) atoms. The van der Waals surface area contributed by atoms with E-state index >= 15 is 0 Å². The topological polar surface area (TPSA) is 47.6 Å². The Morgan fingerprint density at radius 3 is 2.28 bits per heavy atom. The molecule has 1 fully saturated rings. The number of halogens is 1. The molecule has 1 aliphatic heterocycles. The van der Waals surface area contributed by atoms with Gasteiger partial charge in [-0.2, -0.15) is 0 Å². The first kappa shape index (κ1) is 22.0. The Balaban J connectivity index is 1.56. The molecule has 3 aromatic rings. The van der Waals surface area contributed by atoms with Crippen LogP contribution in [0.4, 0.5) is 10.1 Å². The molecule has 0 radical (unpaired) electrons. The number of hydrogen-bond donors (Lipinski definition) is 1. The highest BCUT2D eigenvalue weighted by Gasteiger charge is 2.43. The SMILES string of the molecule is Cc1cc(NC(=O)C2(c3ccccc3F)CCOCC2)cc(C)c1OCc1ccccc1. The van der Waals surface area contributed by atoms with Crippen LogP contribution in [-0.2, 0) is 21.6 Å². The van der Waals surface area contributed by atoms with Gasteiger partial charge in [-0.05, 0) is 61.6 Å². The molecule has 0 saturated carbocycles. The standard InChI is InChI=1S/C27H28FNO3/c1-19-16-22(17-20(2)25(19)32-18-21-8-4-3-5-9-21)29-26(30)27(12-14-31-15-13-27)23-10-6-7-11-24(23)28/h3-11,16-17H,12-15,18H2,1-2H3,(H,29,30). The molecular weight excluding hydrogens is 405 g/mol. The van der Waals surface area contributed by atoms with E-state index in [4.69, 9.17) is 9.47 Å². The maximum Gasteiger partial charge on any atom is 0.235 e. The van der Waals surface area contributed by atoms with Gasteiger partial charge >= 0.3 is 0 Å². The third kappa shape index (κ3) is 4.53. The minimum Gasteiger partial charge on any atom is -0.488 e. The number of benzene rings is 3. The molecule has 5 heteroatoms. The van der Waals surface area contributed by atoms with Crippen molar-refractivity contribution in [2.75, 3.05) is 18.5 Å². The van der Waals surface area contributed by atoms with Crippen LogP contribution in [0.1, 0.15) is 35.1 Å². The average Bonchev–Trinajstić information content (AvgIpc) is 2.80. The summed E-state index contributed by atoms with van der Waals surface area (Å²) in [5.41, 5.74) is 3.12. The van der Waals surface area contributed by atoms with E-state index in [0.717, 1.165) is 22.4 Å². The molecule has 3 aromatic carbocycles. The molecule has 0 aliphatic carbocycles. The largest absolute Gasteiger partial charge is 0.488 e. The normalized spacial score (nSPS) is 15.2. The summed E-state index contributed by atoms with van der Waals surface area (Å²) in [4.78, 5) is 13.5.